The Morgan fingerprint density at radius 1 is 0.333 bits per heavy atom. The molecule has 1 atom stereocenters. The maximum atomic E-state index is 13.6. The van der Waals surface area contributed by atoms with Gasteiger partial charge in [0.2, 0.25) is 5.60 Å². The molecule has 14 aromatic carbocycles. The first-order valence-corrected chi connectivity index (χ1v) is 39.0. The molecule has 0 aliphatic heterocycles. The van der Waals surface area contributed by atoms with E-state index in [1.54, 1.807) is 12.1 Å². The molecule has 0 saturated carbocycles. The topological polar surface area (TPSA) is 49.3 Å². The predicted molar refractivity (Wildman–Crippen MR) is 428 cm³/mol. The van der Waals surface area contributed by atoms with Crippen molar-refractivity contribution in [3.8, 4) is 0 Å². The third-order valence-electron chi connectivity index (χ3n) is 15.4. The molecular formula is C88H72ClF4NO2P4PdS. The smallest absolute Gasteiger partial charge is 0.373 e. The fraction of sp³-hybridized carbons (Fsp3) is 0.0341. The number of hydrogen-bond donors (Lipinski definition) is 2. The van der Waals surface area contributed by atoms with E-state index in [1.807, 2.05) is 5.32 Å². The molecule has 0 fully saturated rings. The average molecular weight is 1550 g/mol. The van der Waals surface area contributed by atoms with E-state index in [0.717, 1.165) is 11.8 Å². The van der Waals surface area contributed by atoms with E-state index >= 15 is 0 Å². The van der Waals surface area contributed by atoms with Gasteiger partial charge in [0.05, 0.1) is 10.7 Å². The van der Waals surface area contributed by atoms with Crippen LogP contribution in [0.2, 0.25) is 5.02 Å². The molecule has 512 valence electrons. The monoisotopic (exact) mass is 1550 g/mol. The number of alkyl halides is 3. The number of nitrogens with one attached hydrogen (secondary N) is 1. The average Bonchev–Trinajstić information content (AvgIpc) is 0.851. The molecule has 0 aromatic heterocycles. The van der Waals surface area contributed by atoms with Gasteiger partial charge < -0.3 is 10.4 Å². The summed E-state index contributed by atoms with van der Waals surface area (Å²) in [6.45, 7) is 0.346. The summed E-state index contributed by atoms with van der Waals surface area (Å²) < 4.78 is 51.6. The number of aliphatic hydroxyl groups is 1. The minimum Gasteiger partial charge on any atom is -0.373 e. The number of carbonyl (C=O) groups is 1. The fourth-order valence-corrected chi connectivity index (χ4v) is 20.8. The Morgan fingerprint density at radius 2 is 0.529 bits per heavy atom. The summed E-state index contributed by atoms with van der Waals surface area (Å²) in [6, 6.07) is 139. The van der Waals surface area contributed by atoms with E-state index in [1.165, 1.54) is 94.0 Å². The van der Waals surface area contributed by atoms with Crippen LogP contribution >= 0.6 is 55.0 Å². The number of hydrogen-bond acceptors (Lipinski definition) is 3. The molecule has 2 N–H and O–H groups in total. The van der Waals surface area contributed by atoms with Gasteiger partial charge in [-0.25, -0.2) is 4.39 Å². The zero-order valence-electron chi connectivity index (χ0n) is 55.4. The number of anilines is 1. The minimum absolute atomic E-state index is 0. The number of carbonyl (C=O) groups excluding carboxylic acids is 1. The summed E-state index contributed by atoms with van der Waals surface area (Å²) in [7, 11) is -1.78. The molecule has 0 radical (unpaired) electrons. The van der Waals surface area contributed by atoms with Crippen molar-refractivity contribution in [2.45, 2.75) is 28.5 Å². The second kappa shape index (κ2) is 40.2. The molecule has 0 unspecified atom stereocenters. The van der Waals surface area contributed by atoms with Crippen LogP contribution in [0.5, 0.6) is 0 Å². The Balaban J connectivity index is 0.000000148. The number of benzene rings is 14. The summed E-state index contributed by atoms with van der Waals surface area (Å²) in [5.41, 5.74) is -3.66. The Hall–Kier alpha value is -8.75. The maximum Gasteiger partial charge on any atom is 0.426 e. The van der Waals surface area contributed by atoms with Crippen molar-refractivity contribution in [1.29, 1.82) is 0 Å². The third-order valence-corrected chi connectivity index (χ3v) is 26.5. The van der Waals surface area contributed by atoms with Gasteiger partial charge in [-0.15, -0.1) is 0 Å². The van der Waals surface area contributed by atoms with Crippen molar-refractivity contribution in [2.24, 2.45) is 0 Å². The molecule has 3 nitrogen and oxygen atoms in total. The molecule has 1 amide bonds. The summed E-state index contributed by atoms with van der Waals surface area (Å²) in [4.78, 5) is 12.5. The molecule has 102 heavy (non-hydrogen) atoms. The van der Waals surface area contributed by atoms with Crippen LogP contribution in [0.3, 0.4) is 0 Å². The van der Waals surface area contributed by atoms with Crippen LogP contribution in [0.25, 0.3) is 0 Å². The van der Waals surface area contributed by atoms with Gasteiger partial charge in [0, 0.05) is 30.2 Å². The van der Waals surface area contributed by atoms with Crippen molar-refractivity contribution >= 4 is 130 Å². The van der Waals surface area contributed by atoms with Gasteiger partial charge in [0.25, 0.3) is 5.91 Å². The van der Waals surface area contributed by atoms with Crippen LogP contribution in [0.4, 0.5) is 23.2 Å². The molecule has 0 heterocycles. The van der Waals surface area contributed by atoms with Crippen molar-refractivity contribution in [1.82, 2.24) is 0 Å². The Labute approximate surface area is 624 Å². The van der Waals surface area contributed by atoms with Gasteiger partial charge in [-0.3, -0.25) is 4.79 Å². The number of halogens is 5. The largest absolute Gasteiger partial charge is 0.426 e. The SMILES string of the molecule is C[C@@](O)(C(=O)Nc1ccc(Sc2ccccc2F)cc1Cl)C(F)(F)F.[Pd].c1ccc(P(c2ccccc2)c2ccccc2)cc1.c1ccc(P(c2ccccc2)c2ccccc2)cc1.c1ccc(P(c2ccccc2)c2ccccc2)cc1.c1ccc(P(c2ccccc2)c2ccccc2)cc1. The molecule has 0 bridgehead atoms. The Kier molecular flexibility index (Phi) is 30.5. The van der Waals surface area contributed by atoms with Gasteiger partial charge in [-0.1, -0.05) is 399 Å². The van der Waals surface area contributed by atoms with Crippen LogP contribution in [-0.4, -0.2) is 22.8 Å². The minimum atomic E-state index is -5.13. The van der Waals surface area contributed by atoms with Crippen molar-refractivity contribution in [3.05, 3.63) is 417 Å². The van der Waals surface area contributed by atoms with E-state index in [4.69, 9.17) is 11.6 Å². The second-order valence-electron chi connectivity index (χ2n) is 22.6. The number of amides is 1. The van der Waals surface area contributed by atoms with E-state index in [0.29, 0.717) is 16.7 Å². The van der Waals surface area contributed by atoms with E-state index in [-0.39, 0.29) is 31.1 Å². The van der Waals surface area contributed by atoms with Crippen LogP contribution in [0.1, 0.15) is 6.92 Å². The molecule has 0 saturated heterocycles. The first kappa shape index (κ1) is 77.4. The molecule has 0 aliphatic rings. The Bertz CT molecular complexity index is 3850. The summed E-state index contributed by atoms with van der Waals surface area (Å²) in [6.07, 6.45) is -5.13. The van der Waals surface area contributed by atoms with E-state index in [9.17, 15) is 27.5 Å². The van der Waals surface area contributed by atoms with E-state index in [2.05, 4.69) is 364 Å². The van der Waals surface area contributed by atoms with Crippen LogP contribution in [0.15, 0.2) is 416 Å². The zero-order chi connectivity index (χ0) is 70.5. The molecule has 14 aromatic rings. The number of rotatable bonds is 16. The molecule has 14 rings (SSSR count). The van der Waals surface area contributed by atoms with Gasteiger partial charge in [0.15, 0.2) is 0 Å². The van der Waals surface area contributed by atoms with Crippen molar-refractivity contribution < 1.29 is 47.9 Å². The Morgan fingerprint density at radius 3 is 0.716 bits per heavy atom. The molecule has 0 aliphatic carbocycles. The quantitative estimate of drug-likeness (QED) is 0.0576. The van der Waals surface area contributed by atoms with Gasteiger partial charge in [0.1, 0.15) is 5.82 Å². The summed E-state index contributed by atoms with van der Waals surface area (Å²) in [5.74, 6) is -2.08. The van der Waals surface area contributed by atoms with Gasteiger partial charge in [-0.05, 0) is 133 Å². The summed E-state index contributed by atoms with van der Waals surface area (Å²) >= 11 is 7.02. The maximum absolute atomic E-state index is 13.6. The van der Waals surface area contributed by atoms with Crippen LogP contribution in [-0.2, 0) is 25.2 Å². The van der Waals surface area contributed by atoms with Gasteiger partial charge in [-0.2, -0.15) is 13.2 Å². The van der Waals surface area contributed by atoms with Crippen molar-refractivity contribution in [3.63, 3.8) is 0 Å². The predicted octanol–water partition coefficient (Wildman–Crippen LogP) is 18.7. The first-order chi connectivity index (χ1) is 49.3. The molecule has 14 heteroatoms. The van der Waals surface area contributed by atoms with Crippen LogP contribution in [0, 0.1) is 5.82 Å². The van der Waals surface area contributed by atoms with Crippen molar-refractivity contribution in [2.75, 3.05) is 5.32 Å². The summed E-state index contributed by atoms with van der Waals surface area (Å²) in [5, 5.41) is 28.0. The zero-order valence-corrected chi connectivity index (χ0v) is 62.1. The second-order valence-corrected chi connectivity index (χ2v) is 33.0. The first-order valence-electron chi connectivity index (χ1n) is 32.5. The fourth-order valence-electron chi connectivity index (χ4n) is 10.4. The molecular weight excluding hydrogens is 1480 g/mol. The normalized spacial score (nSPS) is 11.3. The van der Waals surface area contributed by atoms with Gasteiger partial charge >= 0.3 is 6.18 Å². The third kappa shape index (κ3) is 22.4. The van der Waals surface area contributed by atoms with Crippen LogP contribution < -0.4 is 69.0 Å². The van der Waals surface area contributed by atoms with E-state index < -0.39 is 55.2 Å². The molecule has 0 spiro atoms. The standard InChI is InChI=1S/4C18H15P.C16H12ClF4NO2S.Pd/c4*1-4-10-16(11-5-1)19(17-12-6-2-7-13-17)18-14-8-3-9-15-18;1-15(24,16(19,20)21)14(23)22-12-7-6-9(8-10(12)17)25-13-5-3-2-4-11(13)18;/h4*1-15H;2-8,24H,1H3,(H,22,23);/t;;;;15-;/m....1./s1.